The minimum atomic E-state index is -0.378. The monoisotopic (exact) mass is 247 g/mol. The highest BCUT2D eigenvalue weighted by Crippen LogP contribution is 2.32. The molecule has 0 aliphatic rings. The fourth-order valence-corrected chi connectivity index (χ4v) is 2.05. The molecule has 5 heteroatoms. The zero-order valence-corrected chi connectivity index (χ0v) is 9.37. The lowest BCUT2D eigenvalue weighted by atomic mass is 10.1. The summed E-state index contributed by atoms with van der Waals surface area (Å²) in [5.74, 6) is -0.378. The molecule has 3 aromatic heterocycles. The van der Waals surface area contributed by atoms with Crippen LogP contribution in [-0.2, 0) is 0 Å². The van der Waals surface area contributed by atoms with Crippen molar-refractivity contribution in [1.29, 1.82) is 0 Å². The van der Waals surface area contributed by atoms with E-state index in [1.807, 2.05) is 0 Å². The predicted octanol–water partition coefficient (Wildman–Crippen LogP) is 3.42. The van der Waals surface area contributed by atoms with Gasteiger partial charge in [0.2, 0.25) is 0 Å². The Morgan fingerprint density at radius 2 is 2.18 bits per heavy atom. The molecule has 0 fully saturated rings. The normalized spacial score (nSPS) is 10.9. The number of H-pyrrole nitrogens is 1. The van der Waals surface area contributed by atoms with E-state index in [9.17, 15) is 4.39 Å². The largest absolute Gasteiger partial charge is 0.345 e. The zero-order chi connectivity index (χ0) is 11.8. The number of halogens is 2. The maximum atomic E-state index is 13.1. The molecule has 17 heavy (non-hydrogen) atoms. The van der Waals surface area contributed by atoms with Gasteiger partial charge in [-0.1, -0.05) is 11.6 Å². The van der Waals surface area contributed by atoms with Gasteiger partial charge in [-0.15, -0.1) is 0 Å². The molecule has 3 heterocycles. The van der Waals surface area contributed by atoms with E-state index in [0.29, 0.717) is 16.2 Å². The van der Waals surface area contributed by atoms with Gasteiger partial charge >= 0.3 is 0 Å². The van der Waals surface area contributed by atoms with Crippen LogP contribution in [0.2, 0.25) is 5.02 Å². The Morgan fingerprint density at radius 1 is 1.29 bits per heavy atom. The van der Waals surface area contributed by atoms with Gasteiger partial charge in [0.25, 0.3) is 0 Å². The van der Waals surface area contributed by atoms with Gasteiger partial charge in [-0.2, -0.15) is 0 Å². The summed E-state index contributed by atoms with van der Waals surface area (Å²) in [4.78, 5) is 11.0. The number of aromatic nitrogens is 3. The minimum Gasteiger partial charge on any atom is -0.345 e. The number of aromatic amines is 1. The second kappa shape index (κ2) is 3.82. The number of hydrogen-bond donors (Lipinski definition) is 1. The molecule has 0 aromatic carbocycles. The van der Waals surface area contributed by atoms with E-state index in [-0.39, 0.29) is 5.82 Å². The van der Waals surface area contributed by atoms with Gasteiger partial charge in [-0.05, 0) is 12.1 Å². The summed E-state index contributed by atoms with van der Waals surface area (Å²) < 4.78 is 13.1. The molecule has 3 rings (SSSR count). The van der Waals surface area contributed by atoms with Crippen LogP contribution in [-0.4, -0.2) is 15.0 Å². The highest BCUT2D eigenvalue weighted by atomic mass is 35.5. The second-order valence-corrected chi connectivity index (χ2v) is 4.02. The van der Waals surface area contributed by atoms with Crippen LogP contribution in [0.1, 0.15) is 0 Å². The van der Waals surface area contributed by atoms with Crippen molar-refractivity contribution in [3.63, 3.8) is 0 Å². The Labute approximate surface area is 101 Å². The highest BCUT2D eigenvalue weighted by molar-refractivity contribution is 6.36. The molecule has 0 atom stereocenters. The molecule has 0 unspecified atom stereocenters. The molecule has 3 aromatic rings. The van der Waals surface area contributed by atoms with E-state index >= 15 is 0 Å². The van der Waals surface area contributed by atoms with E-state index in [1.165, 1.54) is 6.07 Å². The van der Waals surface area contributed by atoms with Gasteiger partial charge < -0.3 is 4.98 Å². The van der Waals surface area contributed by atoms with E-state index in [1.54, 1.807) is 24.7 Å². The van der Waals surface area contributed by atoms with Crippen LogP contribution in [0.5, 0.6) is 0 Å². The molecule has 0 saturated carbocycles. The maximum absolute atomic E-state index is 13.1. The van der Waals surface area contributed by atoms with Gasteiger partial charge in [0, 0.05) is 35.1 Å². The molecule has 3 nitrogen and oxygen atoms in total. The molecule has 0 amide bonds. The summed E-state index contributed by atoms with van der Waals surface area (Å²) in [5, 5.41) is 1.36. The van der Waals surface area contributed by atoms with Crippen LogP contribution in [0.4, 0.5) is 4.39 Å². The van der Waals surface area contributed by atoms with Gasteiger partial charge in [0.15, 0.2) is 0 Å². The highest BCUT2D eigenvalue weighted by Gasteiger charge is 2.10. The third kappa shape index (κ3) is 1.66. The maximum Gasteiger partial charge on any atom is 0.142 e. The Bertz CT molecular complexity index is 693. The van der Waals surface area contributed by atoms with Crippen LogP contribution in [0.3, 0.4) is 0 Å². The first-order chi connectivity index (χ1) is 8.25. The second-order valence-electron chi connectivity index (χ2n) is 3.61. The number of pyridine rings is 2. The molecular formula is C12H7ClFN3. The van der Waals surface area contributed by atoms with Gasteiger partial charge in [0.1, 0.15) is 11.5 Å². The molecule has 0 aliphatic carbocycles. The lowest BCUT2D eigenvalue weighted by Crippen LogP contribution is -1.82. The van der Waals surface area contributed by atoms with E-state index < -0.39 is 0 Å². The minimum absolute atomic E-state index is 0.378. The lowest BCUT2D eigenvalue weighted by Gasteiger charge is -2.00. The first-order valence-corrected chi connectivity index (χ1v) is 5.36. The molecular weight excluding hydrogens is 241 g/mol. The first kappa shape index (κ1) is 10.2. The van der Waals surface area contributed by atoms with Gasteiger partial charge in [-0.3, -0.25) is 4.98 Å². The number of nitrogens with zero attached hydrogens (tertiary/aromatic N) is 2. The molecule has 84 valence electrons. The van der Waals surface area contributed by atoms with E-state index in [0.717, 1.165) is 17.1 Å². The Morgan fingerprint density at radius 3 is 3.00 bits per heavy atom. The Hall–Kier alpha value is -1.94. The molecule has 0 spiro atoms. The van der Waals surface area contributed by atoms with Crippen molar-refractivity contribution in [1.82, 2.24) is 15.0 Å². The fourth-order valence-electron chi connectivity index (χ4n) is 1.80. The summed E-state index contributed by atoms with van der Waals surface area (Å²) in [6, 6.07) is 3.12. The summed E-state index contributed by atoms with van der Waals surface area (Å²) >= 11 is 6.12. The van der Waals surface area contributed by atoms with Crippen molar-refractivity contribution in [2.24, 2.45) is 0 Å². The van der Waals surface area contributed by atoms with E-state index in [2.05, 4.69) is 15.0 Å². The third-order valence-electron chi connectivity index (χ3n) is 2.54. The average Bonchev–Trinajstić information content (AvgIpc) is 2.74. The van der Waals surface area contributed by atoms with Crippen molar-refractivity contribution in [3.05, 3.63) is 47.8 Å². The molecule has 0 aliphatic heterocycles. The smallest absolute Gasteiger partial charge is 0.142 e. The fraction of sp³-hybridized carbons (Fsp3) is 0. The van der Waals surface area contributed by atoms with Crippen LogP contribution in [0.15, 0.2) is 36.9 Å². The Balaban J connectivity index is 2.31. The predicted molar refractivity (Wildman–Crippen MR) is 64.3 cm³/mol. The van der Waals surface area contributed by atoms with E-state index in [4.69, 9.17) is 11.6 Å². The Kier molecular flexibility index (Phi) is 2.30. The molecule has 0 saturated heterocycles. The summed E-state index contributed by atoms with van der Waals surface area (Å²) in [6.07, 6.45) is 6.13. The standard InChI is InChI=1S/C12H7ClFN3/c13-10-1-2-16-12-11(10)9(6-17-12)7-3-8(14)5-15-4-7/h1-6H,(H,16,17). The van der Waals surface area contributed by atoms with Crippen LogP contribution < -0.4 is 0 Å². The average molecular weight is 248 g/mol. The van der Waals surface area contributed by atoms with Crippen molar-refractivity contribution in [2.75, 3.05) is 0 Å². The number of hydrogen-bond acceptors (Lipinski definition) is 2. The lowest BCUT2D eigenvalue weighted by molar-refractivity contribution is 0.622. The topological polar surface area (TPSA) is 41.6 Å². The van der Waals surface area contributed by atoms with Crippen LogP contribution >= 0.6 is 11.6 Å². The van der Waals surface area contributed by atoms with Crippen molar-refractivity contribution in [2.45, 2.75) is 0 Å². The summed E-state index contributed by atoms with van der Waals surface area (Å²) in [5.41, 5.74) is 2.15. The SMILES string of the molecule is Fc1cncc(-c2c[nH]c3nccc(Cl)c23)c1. The van der Waals surface area contributed by atoms with Crippen molar-refractivity contribution in [3.8, 4) is 11.1 Å². The van der Waals surface area contributed by atoms with Crippen molar-refractivity contribution >= 4 is 22.6 Å². The molecule has 0 radical (unpaired) electrons. The third-order valence-corrected chi connectivity index (χ3v) is 2.85. The summed E-state index contributed by atoms with van der Waals surface area (Å²) in [6.45, 7) is 0. The quantitative estimate of drug-likeness (QED) is 0.716. The van der Waals surface area contributed by atoms with Gasteiger partial charge in [0.05, 0.1) is 11.2 Å². The number of fused-ring (bicyclic) bond motifs is 1. The van der Waals surface area contributed by atoms with Crippen LogP contribution in [0, 0.1) is 5.82 Å². The first-order valence-electron chi connectivity index (χ1n) is 4.98. The number of nitrogens with one attached hydrogen (secondary N) is 1. The van der Waals surface area contributed by atoms with Gasteiger partial charge in [-0.25, -0.2) is 9.37 Å². The van der Waals surface area contributed by atoms with Crippen LogP contribution in [0.25, 0.3) is 22.2 Å². The molecule has 0 bridgehead atoms. The summed E-state index contributed by atoms with van der Waals surface area (Å²) in [7, 11) is 0. The molecule has 1 N–H and O–H groups in total. The number of rotatable bonds is 1. The van der Waals surface area contributed by atoms with Crippen molar-refractivity contribution < 1.29 is 4.39 Å². The zero-order valence-electron chi connectivity index (χ0n) is 8.61.